The molecule has 0 radical (unpaired) electrons. The minimum Gasteiger partial charge on any atom is -0.359 e. The molecule has 0 unspecified atom stereocenters. The molecule has 124 valence electrons. The van der Waals surface area contributed by atoms with Crippen LogP contribution < -0.4 is 10.6 Å². The van der Waals surface area contributed by atoms with Gasteiger partial charge in [-0.2, -0.15) is 0 Å². The molecule has 0 spiro atoms. The number of aromatic nitrogens is 1. The fraction of sp³-hybridized carbons (Fsp3) is 0.444. The van der Waals surface area contributed by atoms with Gasteiger partial charge in [0.2, 0.25) is 0 Å². The highest BCUT2D eigenvalue weighted by Crippen LogP contribution is 2.05. The number of hydrogen-bond acceptors (Lipinski definition) is 3. The zero-order valence-electron chi connectivity index (χ0n) is 14.0. The summed E-state index contributed by atoms with van der Waals surface area (Å²) in [5.41, 5.74) is 2.33. The van der Waals surface area contributed by atoms with Crippen molar-refractivity contribution in [3.8, 4) is 0 Å². The zero-order chi connectivity index (χ0) is 16.3. The summed E-state index contributed by atoms with van der Waals surface area (Å²) >= 11 is 0. The van der Waals surface area contributed by atoms with E-state index in [-0.39, 0.29) is 0 Å². The molecule has 2 aromatic rings. The average molecular weight is 314 g/mol. The van der Waals surface area contributed by atoms with Gasteiger partial charge >= 0.3 is 0 Å². The Hall–Kier alpha value is -2.30. The maximum absolute atomic E-state index is 5.25. The van der Waals surface area contributed by atoms with Crippen LogP contribution in [0.15, 0.2) is 45.9 Å². The smallest absolute Gasteiger partial charge is 0.191 e. The summed E-state index contributed by atoms with van der Waals surface area (Å²) in [6.45, 7) is 6.34. The van der Waals surface area contributed by atoms with Crippen LogP contribution in [0.25, 0.3) is 0 Å². The first-order valence-corrected chi connectivity index (χ1v) is 8.32. The number of benzene rings is 1. The van der Waals surface area contributed by atoms with E-state index < -0.39 is 0 Å². The van der Waals surface area contributed by atoms with Crippen molar-refractivity contribution < 1.29 is 4.52 Å². The standard InChI is InChI=1S/C18H26N4O/c1-3-16-13-17(23-22-16)14-21-18(19-4-2)20-12-8-11-15-9-6-5-7-10-15/h5-7,9-10,13H,3-4,8,11-12,14H2,1-2H3,(H2,19,20,21). The lowest BCUT2D eigenvalue weighted by Gasteiger charge is -2.10. The Labute approximate surface area is 138 Å². The van der Waals surface area contributed by atoms with Crippen molar-refractivity contribution in [2.24, 2.45) is 4.99 Å². The van der Waals surface area contributed by atoms with Crippen molar-refractivity contribution in [3.05, 3.63) is 53.4 Å². The monoisotopic (exact) mass is 314 g/mol. The van der Waals surface area contributed by atoms with Crippen molar-refractivity contribution in [1.82, 2.24) is 15.8 Å². The van der Waals surface area contributed by atoms with Gasteiger partial charge in [0.05, 0.1) is 5.69 Å². The maximum Gasteiger partial charge on any atom is 0.191 e. The Morgan fingerprint density at radius 3 is 2.70 bits per heavy atom. The van der Waals surface area contributed by atoms with Crippen molar-refractivity contribution in [2.75, 3.05) is 13.1 Å². The molecule has 0 aliphatic heterocycles. The van der Waals surface area contributed by atoms with Crippen molar-refractivity contribution in [3.63, 3.8) is 0 Å². The van der Waals surface area contributed by atoms with Gasteiger partial charge in [0.25, 0.3) is 0 Å². The SMILES string of the molecule is CCNC(=NCc1cc(CC)no1)NCCCc1ccccc1. The molecule has 1 heterocycles. The first-order chi connectivity index (χ1) is 11.3. The van der Waals surface area contributed by atoms with Crippen molar-refractivity contribution in [2.45, 2.75) is 39.7 Å². The van der Waals surface area contributed by atoms with E-state index in [4.69, 9.17) is 4.52 Å². The molecule has 5 nitrogen and oxygen atoms in total. The first kappa shape index (κ1) is 17.1. The van der Waals surface area contributed by atoms with Crippen LogP contribution in [0.5, 0.6) is 0 Å². The second kappa shape index (κ2) is 9.66. The van der Waals surface area contributed by atoms with Crippen LogP contribution in [0.2, 0.25) is 0 Å². The number of hydrogen-bond donors (Lipinski definition) is 2. The van der Waals surface area contributed by atoms with Gasteiger partial charge in [0.1, 0.15) is 6.54 Å². The molecule has 1 aromatic heterocycles. The summed E-state index contributed by atoms with van der Waals surface area (Å²) in [4.78, 5) is 4.54. The predicted octanol–water partition coefficient (Wildman–Crippen LogP) is 2.92. The largest absolute Gasteiger partial charge is 0.359 e. The third-order valence-corrected chi connectivity index (χ3v) is 3.48. The van der Waals surface area contributed by atoms with Crippen molar-refractivity contribution >= 4 is 5.96 Å². The van der Waals surface area contributed by atoms with Gasteiger partial charge in [-0.1, -0.05) is 42.4 Å². The van der Waals surface area contributed by atoms with Gasteiger partial charge in [-0.25, -0.2) is 4.99 Å². The van der Waals surface area contributed by atoms with Crippen LogP contribution in [0.3, 0.4) is 0 Å². The molecule has 2 rings (SSSR count). The van der Waals surface area contributed by atoms with Crippen molar-refractivity contribution in [1.29, 1.82) is 0 Å². The van der Waals surface area contributed by atoms with Crippen LogP contribution in [-0.2, 0) is 19.4 Å². The highest BCUT2D eigenvalue weighted by Gasteiger charge is 2.03. The van der Waals surface area contributed by atoms with Gasteiger partial charge in [-0.15, -0.1) is 0 Å². The van der Waals surface area contributed by atoms with Crippen LogP contribution in [0.4, 0.5) is 0 Å². The van der Waals surface area contributed by atoms with E-state index in [0.717, 1.165) is 49.8 Å². The highest BCUT2D eigenvalue weighted by molar-refractivity contribution is 5.79. The summed E-state index contributed by atoms with van der Waals surface area (Å²) in [6, 6.07) is 12.5. The lowest BCUT2D eigenvalue weighted by atomic mass is 10.1. The summed E-state index contributed by atoms with van der Waals surface area (Å²) in [6.07, 6.45) is 3.01. The summed E-state index contributed by atoms with van der Waals surface area (Å²) in [7, 11) is 0. The van der Waals surface area contributed by atoms with Crippen LogP contribution in [0, 0.1) is 0 Å². The molecule has 0 fully saturated rings. The summed E-state index contributed by atoms with van der Waals surface area (Å²) in [5, 5.41) is 10.6. The van der Waals surface area contributed by atoms with Gasteiger partial charge < -0.3 is 15.2 Å². The van der Waals surface area contributed by atoms with E-state index >= 15 is 0 Å². The van der Waals surface area contributed by atoms with E-state index in [1.807, 2.05) is 12.1 Å². The Bertz CT molecular complexity index is 592. The minimum atomic E-state index is 0.501. The van der Waals surface area contributed by atoms with Gasteiger partial charge in [-0.3, -0.25) is 0 Å². The number of aryl methyl sites for hydroxylation is 2. The van der Waals surface area contributed by atoms with Crippen LogP contribution in [-0.4, -0.2) is 24.2 Å². The molecule has 0 saturated carbocycles. The Balaban J connectivity index is 1.77. The molecule has 2 N–H and O–H groups in total. The Kier molecular flexibility index (Phi) is 7.17. The summed E-state index contributed by atoms with van der Waals surface area (Å²) < 4.78 is 5.25. The third-order valence-electron chi connectivity index (χ3n) is 3.48. The average Bonchev–Trinajstić information content (AvgIpc) is 3.05. The molecule has 0 aliphatic rings. The lowest BCUT2D eigenvalue weighted by molar-refractivity contribution is 0.379. The third kappa shape index (κ3) is 6.14. The molecular formula is C18H26N4O. The van der Waals surface area contributed by atoms with Crippen LogP contribution >= 0.6 is 0 Å². The fourth-order valence-electron chi connectivity index (χ4n) is 2.24. The van der Waals surface area contributed by atoms with E-state index in [9.17, 15) is 0 Å². The molecule has 1 aromatic carbocycles. The normalized spacial score (nSPS) is 11.5. The van der Waals surface area contributed by atoms with E-state index in [1.165, 1.54) is 5.56 Å². The van der Waals surface area contributed by atoms with E-state index in [1.54, 1.807) is 0 Å². The number of nitrogens with zero attached hydrogens (tertiary/aromatic N) is 2. The highest BCUT2D eigenvalue weighted by atomic mass is 16.5. The molecule has 0 bridgehead atoms. The number of nitrogens with one attached hydrogen (secondary N) is 2. The quantitative estimate of drug-likeness (QED) is 0.447. The Morgan fingerprint density at radius 1 is 1.17 bits per heavy atom. The molecule has 0 aliphatic carbocycles. The molecule has 0 saturated heterocycles. The molecule has 0 atom stereocenters. The maximum atomic E-state index is 5.25. The van der Waals surface area contributed by atoms with Crippen LogP contribution in [0.1, 0.15) is 37.3 Å². The molecule has 0 amide bonds. The van der Waals surface area contributed by atoms with Gasteiger partial charge in [0, 0.05) is 19.2 Å². The van der Waals surface area contributed by atoms with Gasteiger partial charge in [-0.05, 0) is 31.7 Å². The second-order valence-corrected chi connectivity index (χ2v) is 5.35. The number of rotatable bonds is 8. The molecular weight excluding hydrogens is 288 g/mol. The summed E-state index contributed by atoms with van der Waals surface area (Å²) in [5.74, 6) is 1.61. The fourth-order valence-corrected chi connectivity index (χ4v) is 2.24. The first-order valence-electron chi connectivity index (χ1n) is 8.32. The minimum absolute atomic E-state index is 0.501. The number of aliphatic imine (C=N–C) groups is 1. The Morgan fingerprint density at radius 2 is 2.00 bits per heavy atom. The van der Waals surface area contributed by atoms with E-state index in [2.05, 4.69) is 58.9 Å². The molecule has 5 heteroatoms. The topological polar surface area (TPSA) is 62.5 Å². The van der Waals surface area contributed by atoms with E-state index in [0.29, 0.717) is 6.54 Å². The zero-order valence-corrected chi connectivity index (χ0v) is 14.0. The molecule has 23 heavy (non-hydrogen) atoms. The lowest BCUT2D eigenvalue weighted by Crippen LogP contribution is -2.37. The predicted molar refractivity (Wildman–Crippen MR) is 93.5 cm³/mol. The van der Waals surface area contributed by atoms with Gasteiger partial charge in [0.15, 0.2) is 11.7 Å². The number of guanidine groups is 1. The second-order valence-electron chi connectivity index (χ2n) is 5.35.